The van der Waals surface area contributed by atoms with Crippen molar-refractivity contribution in [1.29, 1.82) is 0 Å². The van der Waals surface area contributed by atoms with Crippen LogP contribution in [0.1, 0.15) is 0 Å². The number of rotatable bonds is 7. The standard InChI is InChI=1S/C13H26O3Si2/c1-11(15-17(4,5)6)13(10-14-3)12(2)16-18(7,8)9/h10H,1-2H2,3-9H3. The molecule has 104 valence electrons. The highest BCUT2D eigenvalue weighted by atomic mass is 28.4. The molecule has 0 aliphatic carbocycles. The molecule has 5 heteroatoms. The second kappa shape index (κ2) is 6.29. The Morgan fingerprint density at radius 1 is 0.833 bits per heavy atom. The minimum atomic E-state index is -1.70. The lowest BCUT2D eigenvalue weighted by Crippen LogP contribution is -2.28. The van der Waals surface area contributed by atoms with Gasteiger partial charge in [0.1, 0.15) is 11.5 Å². The minimum absolute atomic E-state index is 0.569. The smallest absolute Gasteiger partial charge is 0.242 e. The number of ether oxygens (including phenoxy) is 1. The largest absolute Gasteiger partial charge is 0.544 e. The van der Waals surface area contributed by atoms with E-state index in [4.69, 9.17) is 13.6 Å². The van der Waals surface area contributed by atoms with E-state index in [0.29, 0.717) is 17.1 Å². The lowest BCUT2D eigenvalue weighted by Gasteiger charge is -2.26. The molecule has 0 spiro atoms. The fraction of sp³-hybridized carbons (Fsp3) is 0.538. The van der Waals surface area contributed by atoms with Gasteiger partial charge in [-0.1, -0.05) is 13.2 Å². The van der Waals surface area contributed by atoms with E-state index in [-0.39, 0.29) is 0 Å². The van der Waals surface area contributed by atoms with Crippen molar-refractivity contribution in [3.05, 3.63) is 36.5 Å². The van der Waals surface area contributed by atoms with Crippen molar-refractivity contribution < 1.29 is 13.6 Å². The maximum absolute atomic E-state index is 5.86. The quantitative estimate of drug-likeness (QED) is 0.398. The first-order valence-electron chi connectivity index (χ1n) is 5.96. The Morgan fingerprint density at radius 3 is 1.39 bits per heavy atom. The molecule has 0 N–H and O–H groups in total. The summed E-state index contributed by atoms with van der Waals surface area (Å²) in [6.45, 7) is 20.5. The predicted octanol–water partition coefficient (Wildman–Crippen LogP) is 4.25. The molecule has 0 amide bonds. The normalized spacial score (nSPS) is 11.5. The van der Waals surface area contributed by atoms with Crippen LogP contribution in [0.15, 0.2) is 36.5 Å². The molecular formula is C13H26O3Si2. The van der Waals surface area contributed by atoms with Crippen molar-refractivity contribution in [2.75, 3.05) is 7.11 Å². The zero-order valence-corrected chi connectivity index (χ0v) is 14.7. The highest BCUT2D eigenvalue weighted by Crippen LogP contribution is 2.25. The van der Waals surface area contributed by atoms with E-state index in [0.717, 1.165) is 0 Å². The second-order valence-corrected chi connectivity index (χ2v) is 14.9. The van der Waals surface area contributed by atoms with Gasteiger partial charge in [-0.05, 0) is 39.3 Å². The van der Waals surface area contributed by atoms with Gasteiger partial charge in [0.2, 0.25) is 16.6 Å². The van der Waals surface area contributed by atoms with E-state index in [1.807, 2.05) is 0 Å². The molecule has 0 aromatic heterocycles. The van der Waals surface area contributed by atoms with E-state index >= 15 is 0 Å². The van der Waals surface area contributed by atoms with Gasteiger partial charge < -0.3 is 13.6 Å². The zero-order chi connectivity index (χ0) is 14.6. The Hall–Kier alpha value is -0.946. The molecule has 0 atom stereocenters. The third kappa shape index (κ3) is 7.39. The van der Waals surface area contributed by atoms with E-state index in [1.165, 1.54) is 0 Å². The van der Waals surface area contributed by atoms with E-state index in [1.54, 1.807) is 13.4 Å². The molecule has 0 fully saturated rings. The van der Waals surface area contributed by atoms with E-state index in [9.17, 15) is 0 Å². The van der Waals surface area contributed by atoms with Crippen molar-refractivity contribution in [2.45, 2.75) is 39.3 Å². The summed E-state index contributed by atoms with van der Waals surface area (Å²) in [5.41, 5.74) is 0.697. The molecule has 3 nitrogen and oxygen atoms in total. The lowest BCUT2D eigenvalue weighted by molar-refractivity contribution is 0.322. The van der Waals surface area contributed by atoms with Gasteiger partial charge >= 0.3 is 0 Å². The van der Waals surface area contributed by atoms with Crippen LogP contribution in [0.2, 0.25) is 39.3 Å². The maximum Gasteiger partial charge on any atom is 0.242 e. The van der Waals surface area contributed by atoms with Crippen LogP contribution in [-0.4, -0.2) is 23.7 Å². The molecule has 0 rings (SSSR count). The van der Waals surface area contributed by atoms with Gasteiger partial charge in [-0.25, -0.2) is 0 Å². The molecule has 0 unspecified atom stereocenters. The molecule has 18 heavy (non-hydrogen) atoms. The Bertz CT molecular complexity index is 316. The van der Waals surface area contributed by atoms with Crippen LogP contribution < -0.4 is 0 Å². The van der Waals surface area contributed by atoms with Crippen LogP contribution in [0.4, 0.5) is 0 Å². The van der Waals surface area contributed by atoms with Gasteiger partial charge in [0.25, 0.3) is 0 Å². The topological polar surface area (TPSA) is 27.7 Å². The number of hydrogen-bond donors (Lipinski definition) is 0. The summed E-state index contributed by atoms with van der Waals surface area (Å²) < 4.78 is 16.8. The Labute approximate surface area is 113 Å². The van der Waals surface area contributed by atoms with Crippen LogP contribution in [0.3, 0.4) is 0 Å². The lowest BCUT2D eigenvalue weighted by atomic mass is 10.2. The average molecular weight is 287 g/mol. The molecule has 0 aliphatic rings. The SMILES string of the molecule is C=C(O[Si](C)(C)C)C(=COC)C(=C)O[Si](C)(C)C. The molecular weight excluding hydrogens is 260 g/mol. The third-order valence-electron chi connectivity index (χ3n) is 1.70. The van der Waals surface area contributed by atoms with E-state index < -0.39 is 16.6 Å². The Balaban J connectivity index is 4.94. The predicted molar refractivity (Wildman–Crippen MR) is 82.2 cm³/mol. The maximum atomic E-state index is 5.86. The van der Waals surface area contributed by atoms with Gasteiger partial charge in [-0.3, -0.25) is 0 Å². The first-order chi connectivity index (χ1) is 7.96. The summed E-state index contributed by atoms with van der Waals surface area (Å²) in [5.74, 6) is 1.14. The fourth-order valence-electron chi connectivity index (χ4n) is 1.25. The monoisotopic (exact) mass is 286 g/mol. The van der Waals surface area contributed by atoms with Crippen LogP contribution >= 0.6 is 0 Å². The number of methoxy groups -OCH3 is 1. The molecule has 0 bridgehead atoms. The van der Waals surface area contributed by atoms with Gasteiger partial charge in [0.15, 0.2) is 0 Å². The van der Waals surface area contributed by atoms with Gasteiger partial charge in [-0.2, -0.15) is 0 Å². The molecule has 0 saturated carbocycles. The summed E-state index contributed by atoms with van der Waals surface area (Å²) in [7, 11) is -1.81. The van der Waals surface area contributed by atoms with Gasteiger partial charge in [-0.15, -0.1) is 0 Å². The van der Waals surface area contributed by atoms with Crippen LogP contribution in [0.25, 0.3) is 0 Å². The van der Waals surface area contributed by atoms with Crippen LogP contribution in [0.5, 0.6) is 0 Å². The second-order valence-electron chi connectivity index (χ2n) is 6.04. The molecule has 0 saturated heterocycles. The first kappa shape index (κ1) is 17.1. The van der Waals surface area contributed by atoms with Gasteiger partial charge in [0, 0.05) is 0 Å². The van der Waals surface area contributed by atoms with Crippen molar-refractivity contribution in [3.8, 4) is 0 Å². The van der Waals surface area contributed by atoms with Crippen molar-refractivity contribution >= 4 is 16.6 Å². The summed E-state index contributed by atoms with van der Waals surface area (Å²) in [6, 6.07) is 0. The highest BCUT2D eigenvalue weighted by molar-refractivity contribution is 6.70. The summed E-state index contributed by atoms with van der Waals surface area (Å²) in [4.78, 5) is 0. The molecule has 0 aliphatic heterocycles. The van der Waals surface area contributed by atoms with Crippen LogP contribution in [-0.2, 0) is 13.6 Å². The first-order valence-corrected chi connectivity index (χ1v) is 12.8. The van der Waals surface area contributed by atoms with Crippen molar-refractivity contribution in [1.82, 2.24) is 0 Å². The van der Waals surface area contributed by atoms with Gasteiger partial charge in [0.05, 0.1) is 18.9 Å². The van der Waals surface area contributed by atoms with E-state index in [2.05, 4.69) is 52.4 Å². The van der Waals surface area contributed by atoms with Crippen LogP contribution in [0, 0.1) is 0 Å². The number of hydrogen-bond acceptors (Lipinski definition) is 3. The highest BCUT2D eigenvalue weighted by Gasteiger charge is 2.23. The van der Waals surface area contributed by atoms with Crippen molar-refractivity contribution in [2.24, 2.45) is 0 Å². The fourth-order valence-corrected chi connectivity index (χ4v) is 2.95. The summed E-state index contributed by atoms with van der Waals surface area (Å²) >= 11 is 0. The van der Waals surface area contributed by atoms with Crippen molar-refractivity contribution in [3.63, 3.8) is 0 Å². The molecule has 0 heterocycles. The third-order valence-corrected chi connectivity index (χ3v) is 3.41. The zero-order valence-electron chi connectivity index (χ0n) is 12.7. The average Bonchev–Trinajstić information content (AvgIpc) is 2.07. The molecule has 0 aromatic carbocycles. The molecule has 0 aromatic rings. The minimum Gasteiger partial charge on any atom is -0.544 e. The summed E-state index contributed by atoms with van der Waals surface area (Å²) in [5, 5.41) is 0. The Kier molecular flexibility index (Phi) is 5.96. The Morgan fingerprint density at radius 2 is 1.17 bits per heavy atom. The molecule has 0 radical (unpaired) electrons. The summed E-state index contributed by atoms with van der Waals surface area (Å²) in [6.07, 6.45) is 1.57.